The third-order valence-corrected chi connectivity index (χ3v) is 5.95. The highest BCUT2D eigenvalue weighted by atomic mass is 19.1. The molecule has 35 heavy (non-hydrogen) atoms. The highest BCUT2D eigenvalue weighted by molar-refractivity contribution is 6.01. The Morgan fingerprint density at radius 3 is 2.57 bits per heavy atom. The second-order valence-corrected chi connectivity index (χ2v) is 8.16. The van der Waals surface area contributed by atoms with Crippen LogP contribution in [-0.2, 0) is 0 Å². The lowest BCUT2D eigenvalue weighted by Gasteiger charge is -2.34. The van der Waals surface area contributed by atoms with Crippen LogP contribution < -0.4 is 15.4 Å². The molecule has 0 bridgehead atoms. The molecule has 1 aliphatic rings. The fourth-order valence-corrected chi connectivity index (χ4v) is 4.03. The van der Waals surface area contributed by atoms with Gasteiger partial charge in [-0.05, 0) is 54.6 Å². The Labute approximate surface area is 203 Å². The van der Waals surface area contributed by atoms with Gasteiger partial charge in [0.1, 0.15) is 17.4 Å². The normalized spacial score (nSPS) is 13.9. The van der Waals surface area contributed by atoms with Crippen molar-refractivity contribution in [2.24, 2.45) is 0 Å². The molecule has 0 atom stereocenters. The number of hydrogen-bond acceptors (Lipinski definition) is 5. The quantitative estimate of drug-likeness (QED) is 0.552. The number of aromatic nitrogens is 1. The number of piperazine rings is 1. The smallest absolute Gasteiger partial charge is 0.324 e. The van der Waals surface area contributed by atoms with E-state index in [1.165, 1.54) is 19.2 Å². The third kappa shape index (κ3) is 5.93. The minimum absolute atomic E-state index is 0.0487. The molecule has 0 saturated carbocycles. The maximum Gasteiger partial charge on any atom is 0.324 e. The molecule has 3 amide bonds. The van der Waals surface area contributed by atoms with Gasteiger partial charge in [0.15, 0.2) is 0 Å². The van der Waals surface area contributed by atoms with Gasteiger partial charge in [-0.25, -0.2) is 14.2 Å². The van der Waals surface area contributed by atoms with Crippen LogP contribution >= 0.6 is 0 Å². The highest BCUT2D eigenvalue weighted by Gasteiger charge is 2.21. The molecule has 0 radical (unpaired) electrons. The maximum absolute atomic E-state index is 13.5. The van der Waals surface area contributed by atoms with Gasteiger partial charge in [0.25, 0.3) is 5.91 Å². The first kappa shape index (κ1) is 24.2. The Kier molecular flexibility index (Phi) is 7.57. The van der Waals surface area contributed by atoms with Crippen LogP contribution in [0.1, 0.15) is 17.3 Å². The van der Waals surface area contributed by atoms with Crippen molar-refractivity contribution in [1.29, 1.82) is 0 Å². The van der Waals surface area contributed by atoms with Gasteiger partial charge in [-0.15, -0.1) is 0 Å². The fourth-order valence-electron chi connectivity index (χ4n) is 4.03. The summed E-state index contributed by atoms with van der Waals surface area (Å²) in [6.07, 6.45) is 1.55. The number of pyridine rings is 1. The van der Waals surface area contributed by atoms with Crippen molar-refractivity contribution in [2.45, 2.75) is 6.92 Å². The highest BCUT2D eigenvalue weighted by Crippen LogP contribution is 2.31. The summed E-state index contributed by atoms with van der Waals surface area (Å²) < 4.78 is 18.8. The van der Waals surface area contributed by atoms with Gasteiger partial charge in [-0.1, -0.05) is 13.0 Å². The molecule has 2 heterocycles. The Morgan fingerprint density at radius 2 is 1.83 bits per heavy atom. The second-order valence-electron chi connectivity index (χ2n) is 8.16. The molecule has 0 spiro atoms. The monoisotopic (exact) mass is 477 g/mol. The number of carbonyl (C=O) groups excluding carboxylic acids is 2. The zero-order valence-electron chi connectivity index (χ0n) is 19.8. The molecule has 0 aliphatic carbocycles. The summed E-state index contributed by atoms with van der Waals surface area (Å²) in [7, 11) is 1.47. The summed E-state index contributed by atoms with van der Waals surface area (Å²) in [5.41, 5.74) is 2.40. The van der Waals surface area contributed by atoms with Gasteiger partial charge in [-0.2, -0.15) is 0 Å². The molecule has 1 aromatic heterocycles. The molecular formula is C26H28FN5O3. The summed E-state index contributed by atoms with van der Waals surface area (Å²) in [5, 5.41) is 5.45. The van der Waals surface area contributed by atoms with E-state index in [9.17, 15) is 14.0 Å². The Bertz CT molecular complexity index is 1210. The van der Waals surface area contributed by atoms with Crippen molar-refractivity contribution in [3.05, 3.63) is 72.2 Å². The minimum Gasteiger partial charge on any atom is -0.496 e. The van der Waals surface area contributed by atoms with Crippen LogP contribution in [0.15, 0.2) is 60.8 Å². The zero-order valence-corrected chi connectivity index (χ0v) is 19.8. The molecule has 2 aromatic carbocycles. The number of likely N-dealkylation sites (N-methyl/N-ethyl adjacent to an activating group) is 1. The summed E-state index contributed by atoms with van der Waals surface area (Å²) in [6.45, 7) is 6.18. The maximum atomic E-state index is 13.5. The number of urea groups is 1. The number of hydrogen-bond donors (Lipinski definition) is 2. The molecule has 8 nitrogen and oxygen atoms in total. The number of ether oxygens (including phenoxy) is 1. The topological polar surface area (TPSA) is 86.8 Å². The number of rotatable bonds is 6. The van der Waals surface area contributed by atoms with E-state index in [0.717, 1.165) is 19.6 Å². The summed E-state index contributed by atoms with van der Waals surface area (Å²) in [4.78, 5) is 33.8. The van der Waals surface area contributed by atoms with Crippen LogP contribution in [0.4, 0.5) is 20.7 Å². The Balaban J connectivity index is 1.41. The van der Waals surface area contributed by atoms with Crippen molar-refractivity contribution in [3.63, 3.8) is 0 Å². The average Bonchev–Trinajstić information content (AvgIpc) is 2.88. The van der Waals surface area contributed by atoms with Gasteiger partial charge >= 0.3 is 6.03 Å². The molecule has 4 rings (SSSR count). The van der Waals surface area contributed by atoms with Crippen LogP contribution in [0.25, 0.3) is 11.1 Å². The summed E-state index contributed by atoms with van der Waals surface area (Å²) in [5.74, 6) is 0.241. The van der Waals surface area contributed by atoms with E-state index in [1.54, 1.807) is 48.7 Å². The number of halogens is 1. The van der Waals surface area contributed by atoms with Crippen LogP contribution in [0.5, 0.6) is 5.75 Å². The van der Waals surface area contributed by atoms with Crippen molar-refractivity contribution >= 4 is 23.4 Å². The summed E-state index contributed by atoms with van der Waals surface area (Å²) in [6, 6.07) is 14.0. The van der Waals surface area contributed by atoms with E-state index in [0.29, 0.717) is 47.0 Å². The molecule has 0 unspecified atom stereocenters. The third-order valence-electron chi connectivity index (χ3n) is 5.95. The zero-order chi connectivity index (χ0) is 24.8. The number of anilines is 2. The van der Waals surface area contributed by atoms with E-state index in [4.69, 9.17) is 4.74 Å². The van der Waals surface area contributed by atoms with Crippen LogP contribution in [0, 0.1) is 5.82 Å². The lowest BCUT2D eigenvalue weighted by molar-refractivity contribution is 0.0643. The van der Waals surface area contributed by atoms with Gasteiger partial charge in [0, 0.05) is 55.3 Å². The van der Waals surface area contributed by atoms with Crippen molar-refractivity contribution in [2.75, 3.05) is 50.5 Å². The van der Waals surface area contributed by atoms with Gasteiger partial charge in [-0.3, -0.25) is 10.1 Å². The van der Waals surface area contributed by atoms with Crippen LogP contribution in [0.3, 0.4) is 0 Å². The van der Waals surface area contributed by atoms with E-state index >= 15 is 0 Å². The Hall–Kier alpha value is -3.98. The predicted molar refractivity (Wildman–Crippen MR) is 133 cm³/mol. The molecule has 3 aromatic rings. The van der Waals surface area contributed by atoms with Crippen LogP contribution in [-0.4, -0.2) is 66.6 Å². The standard InChI is InChI=1S/C26H28FN5O3/c1-3-31-11-13-32(14-12-31)25(33)19-5-4-6-21(15-19)29-26(34)30-24-16-18(9-10-28-24)22-8-7-20(27)17-23(22)35-2/h4-10,15-17H,3,11-14H2,1-2H3,(H2,28,29,30,34). The first-order valence-corrected chi connectivity index (χ1v) is 11.5. The Morgan fingerprint density at radius 1 is 1.03 bits per heavy atom. The molecule has 1 saturated heterocycles. The van der Waals surface area contributed by atoms with Crippen LogP contribution in [0.2, 0.25) is 0 Å². The summed E-state index contributed by atoms with van der Waals surface area (Å²) >= 11 is 0. The average molecular weight is 478 g/mol. The van der Waals surface area contributed by atoms with Crippen molar-refractivity contribution < 1.29 is 18.7 Å². The van der Waals surface area contributed by atoms with E-state index in [1.807, 2.05) is 4.90 Å². The SMILES string of the molecule is CCN1CCN(C(=O)c2cccc(NC(=O)Nc3cc(-c4ccc(F)cc4OC)ccn3)c2)CC1. The number of carbonyl (C=O) groups is 2. The second kappa shape index (κ2) is 11.0. The number of nitrogens with zero attached hydrogens (tertiary/aromatic N) is 3. The lowest BCUT2D eigenvalue weighted by atomic mass is 10.1. The molecule has 1 fully saturated rings. The van der Waals surface area contributed by atoms with Gasteiger partial charge < -0.3 is 19.9 Å². The largest absolute Gasteiger partial charge is 0.496 e. The minimum atomic E-state index is -0.498. The predicted octanol–water partition coefficient (Wildman–Crippen LogP) is 4.32. The first-order chi connectivity index (χ1) is 17.0. The molecule has 9 heteroatoms. The molecule has 2 N–H and O–H groups in total. The van der Waals surface area contributed by atoms with Crippen molar-refractivity contribution in [1.82, 2.24) is 14.8 Å². The number of methoxy groups -OCH3 is 1. The number of amides is 3. The lowest BCUT2D eigenvalue weighted by Crippen LogP contribution is -2.48. The van der Waals surface area contributed by atoms with Gasteiger partial charge in [0.05, 0.1) is 7.11 Å². The molecular weight excluding hydrogens is 449 g/mol. The van der Waals surface area contributed by atoms with Crippen molar-refractivity contribution in [3.8, 4) is 16.9 Å². The fraction of sp³-hybridized carbons (Fsp3) is 0.269. The number of nitrogens with one attached hydrogen (secondary N) is 2. The first-order valence-electron chi connectivity index (χ1n) is 11.5. The number of benzene rings is 2. The van der Waals surface area contributed by atoms with E-state index in [-0.39, 0.29) is 5.91 Å². The molecule has 182 valence electrons. The van der Waals surface area contributed by atoms with Gasteiger partial charge in [0.2, 0.25) is 0 Å². The van der Waals surface area contributed by atoms with E-state index in [2.05, 4.69) is 27.4 Å². The molecule has 1 aliphatic heterocycles. The van der Waals surface area contributed by atoms with E-state index < -0.39 is 11.8 Å².